The van der Waals surface area contributed by atoms with E-state index >= 15 is 0 Å². The summed E-state index contributed by atoms with van der Waals surface area (Å²) in [6.45, 7) is 3.18. The Kier molecular flexibility index (Phi) is 5.12. The molecule has 6 nitrogen and oxygen atoms in total. The molecule has 3 rings (SSSR count). The second-order valence-electron chi connectivity index (χ2n) is 5.75. The van der Waals surface area contributed by atoms with Gasteiger partial charge in [0.25, 0.3) is 11.8 Å². The van der Waals surface area contributed by atoms with Gasteiger partial charge in [-0.3, -0.25) is 9.59 Å². The molecular weight excluding hydrogens is 326 g/mol. The van der Waals surface area contributed by atoms with Crippen LogP contribution < -0.4 is 10.2 Å². The van der Waals surface area contributed by atoms with Crippen molar-refractivity contribution in [2.75, 3.05) is 33.2 Å². The second kappa shape index (κ2) is 7.46. The van der Waals surface area contributed by atoms with Crippen LogP contribution in [0, 0.1) is 0 Å². The fourth-order valence-corrected chi connectivity index (χ4v) is 3.18. The van der Waals surface area contributed by atoms with E-state index in [9.17, 15) is 9.59 Å². The van der Waals surface area contributed by atoms with Crippen molar-refractivity contribution in [3.05, 3.63) is 52.2 Å². The van der Waals surface area contributed by atoms with Crippen molar-refractivity contribution in [3.8, 4) is 0 Å². The number of nitrogens with one attached hydrogen (secondary N) is 2. The van der Waals surface area contributed by atoms with E-state index in [0.717, 1.165) is 18.0 Å². The Bertz CT molecular complexity index is 714. The zero-order valence-electron chi connectivity index (χ0n) is 13.5. The maximum Gasteiger partial charge on any atom is 0.291 e. The van der Waals surface area contributed by atoms with E-state index in [1.165, 1.54) is 22.5 Å². The van der Waals surface area contributed by atoms with Crippen LogP contribution in [0.1, 0.15) is 15.4 Å². The third-order valence-electron chi connectivity index (χ3n) is 3.96. The molecule has 0 atom stereocenters. The van der Waals surface area contributed by atoms with Crippen LogP contribution in [-0.2, 0) is 4.79 Å². The summed E-state index contributed by atoms with van der Waals surface area (Å²) in [5.41, 5.74) is 0.276. The van der Waals surface area contributed by atoms with Crippen molar-refractivity contribution in [1.82, 2.24) is 10.2 Å². The number of thiophene rings is 1. The minimum absolute atomic E-state index is 0.157. The number of carbonyl (C=O) groups is 2. The van der Waals surface area contributed by atoms with E-state index in [1.807, 2.05) is 17.5 Å². The number of hydrogen-bond donors (Lipinski definition) is 2. The quantitative estimate of drug-likeness (QED) is 0.791. The van der Waals surface area contributed by atoms with Gasteiger partial charge in [0.2, 0.25) is 0 Å². The summed E-state index contributed by atoms with van der Waals surface area (Å²) in [4.78, 5) is 29.2. The van der Waals surface area contributed by atoms with Crippen LogP contribution in [0.25, 0.3) is 6.08 Å². The number of carbonyl (C=O) groups excluding carboxylic acids is 2. The maximum atomic E-state index is 12.8. The first kappa shape index (κ1) is 16.5. The molecule has 1 saturated heterocycles. The van der Waals surface area contributed by atoms with Crippen LogP contribution in [0.15, 0.2) is 46.0 Å². The van der Waals surface area contributed by atoms with Gasteiger partial charge in [0, 0.05) is 4.88 Å². The standard InChI is InChI=1S/C17H19N3O3S/c1-19-6-8-20(9-7-19)17(22)14(12-13-4-3-11-24-13)18-16(21)15-5-2-10-23-15/h2-5,10-12H,6-9H2,1H3,(H,18,21)/p+1/b14-12+. The number of hydrogen-bond acceptors (Lipinski definition) is 4. The van der Waals surface area contributed by atoms with Crippen LogP contribution in [-0.4, -0.2) is 49.9 Å². The molecular formula is C17H20N3O3S+. The number of quaternary nitrogens is 1. The number of nitrogens with zero attached hydrogens (tertiary/aromatic N) is 1. The van der Waals surface area contributed by atoms with Gasteiger partial charge in [0.1, 0.15) is 5.70 Å². The Hall–Kier alpha value is -2.38. The molecule has 2 N–H and O–H groups in total. The molecule has 0 bridgehead atoms. The molecule has 0 aliphatic carbocycles. The number of likely N-dealkylation sites (N-methyl/N-ethyl adjacent to an activating group) is 1. The number of furan rings is 1. The van der Waals surface area contributed by atoms with Gasteiger partial charge in [0.15, 0.2) is 5.76 Å². The first-order chi connectivity index (χ1) is 11.6. The lowest BCUT2D eigenvalue weighted by molar-refractivity contribution is -0.883. The Labute approximate surface area is 144 Å². The highest BCUT2D eigenvalue weighted by Gasteiger charge is 2.25. The lowest BCUT2D eigenvalue weighted by atomic mass is 10.2. The monoisotopic (exact) mass is 346 g/mol. The molecule has 0 spiro atoms. The molecule has 0 saturated carbocycles. The van der Waals surface area contributed by atoms with E-state index in [-0.39, 0.29) is 17.4 Å². The summed E-state index contributed by atoms with van der Waals surface area (Å²) >= 11 is 1.51. The zero-order chi connectivity index (χ0) is 16.9. The Balaban J connectivity index is 1.79. The average Bonchev–Trinajstić information content (AvgIpc) is 3.28. The van der Waals surface area contributed by atoms with Gasteiger partial charge in [-0.2, -0.15) is 0 Å². The molecule has 2 aromatic rings. The average molecular weight is 346 g/mol. The third kappa shape index (κ3) is 3.93. The molecule has 0 unspecified atom stereocenters. The largest absolute Gasteiger partial charge is 0.459 e. The predicted molar refractivity (Wildman–Crippen MR) is 91.7 cm³/mol. The number of amides is 2. The predicted octanol–water partition coefficient (Wildman–Crippen LogP) is 0.469. The zero-order valence-corrected chi connectivity index (χ0v) is 14.3. The number of rotatable bonds is 4. The Morgan fingerprint density at radius 2 is 2.08 bits per heavy atom. The van der Waals surface area contributed by atoms with Crippen LogP contribution >= 0.6 is 11.3 Å². The summed E-state index contributed by atoms with van der Waals surface area (Å²) in [7, 11) is 2.11. The smallest absolute Gasteiger partial charge is 0.291 e. The summed E-state index contributed by atoms with van der Waals surface area (Å²) in [5, 5.41) is 4.64. The SMILES string of the molecule is C[NH+]1CCN(C(=O)/C(=C\c2cccs2)NC(=O)c2ccco2)CC1. The fraction of sp³-hybridized carbons (Fsp3) is 0.294. The van der Waals surface area contributed by atoms with Crippen molar-refractivity contribution in [2.45, 2.75) is 0 Å². The summed E-state index contributed by atoms with van der Waals surface area (Å²) in [6.07, 6.45) is 3.15. The summed E-state index contributed by atoms with van der Waals surface area (Å²) < 4.78 is 5.11. The minimum Gasteiger partial charge on any atom is -0.459 e. The first-order valence-corrected chi connectivity index (χ1v) is 8.72. The molecule has 0 radical (unpaired) electrons. The second-order valence-corrected chi connectivity index (χ2v) is 6.73. The van der Waals surface area contributed by atoms with Crippen LogP contribution in [0.5, 0.6) is 0 Å². The van der Waals surface area contributed by atoms with Crippen LogP contribution in [0.3, 0.4) is 0 Å². The van der Waals surface area contributed by atoms with Crippen molar-refractivity contribution in [1.29, 1.82) is 0 Å². The normalized spacial score (nSPS) is 16.2. The van der Waals surface area contributed by atoms with E-state index in [2.05, 4.69) is 12.4 Å². The molecule has 7 heteroatoms. The molecule has 1 aliphatic rings. The van der Waals surface area contributed by atoms with Gasteiger partial charge < -0.3 is 19.5 Å². The molecule has 3 heterocycles. The fourth-order valence-electron chi connectivity index (χ4n) is 2.52. The van der Waals surface area contributed by atoms with Gasteiger partial charge >= 0.3 is 0 Å². The molecule has 1 fully saturated rings. The topological polar surface area (TPSA) is 67.0 Å². The van der Waals surface area contributed by atoms with Crippen molar-refractivity contribution < 1.29 is 18.9 Å². The first-order valence-electron chi connectivity index (χ1n) is 7.84. The molecule has 0 aromatic carbocycles. The summed E-state index contributed by atoms with van der Waals surface area (Å²) in [6, 6.07) is 7.03. The van der Waals surface area contributed by atoms with Crippen molar-refractivity contribution in [3.63, 3.8) is 0 Å². The molecule has 2 amide bonds. The number of piperazine rings is 1. The van der Waals surface area contributed by atoms with Gasteiger partial charge in [-0.25, -0.2) is 0 Å². The lowest BCUT2D eigenvalue weighted by Gasteiger charge is -2.30. The van der Waals surface area contributed by atoms with Gasteiger partial charge in [-0.1, -0.05) is 6.07 Å². The highest BCUT2D eigenvalue weighted by molar-refractivity contribution is 7.10. The van der Waals surface area contributed by atoms with Gasteiger partial charge in [0.05, 0.1) is 39.5 Å². The Morgan fingerprint density at radius 3 is 2.71 bits per heavy atom. The van der Waals surface area contributed by atoms with E-state index in [4.69, 9.17) is 4.42 Å². The third-order valence-corrected chi connectivity index (χ3v) is 4.78. The minimum atomic E-state index is -0.420. The van der Waals surface area contributed by atoms with Gasteiger partial charge in [-0.15, -0.1) is 11.3 Å². The van der Waals surface area contributed by atoms with Crippen LogP contribution in [0.4, 0.5) is 0 Å². The molecule has 2 aromatic heterocycles. The van der Waals surface area contributed by atoms with E-state index in [1.54, 1.807) is 23.1 Å². The van der Waals surface area contributed by atoms with Crippen LogP contribution in [0.2, 0.25) is 0 Å². The molecule has 24 heavy (non-hydrogen) atoms. The van der Waals surface area contributed by atoms with Crippen molar-refractivity contribution >= 4 is 29.2 Å². The van der Waals surface area contributed by atoms with Crippen molar-refractivity contribution in [2.24, 2.45) is 0 Å². The lowest BCUT2D eigenvalue weighted by Crippen LogP contribution is -3.12. The Morgan fingerprint density at radius 1 is 1.29 bits per heavy atom. The molecule has 126 valence electrons. The van der Waals surface area contributed by atoms with Gasteiger partial charge in [-0.05, 0) is 29.7 Å². The highest BCUT2D eigenvalue weighted by atomic mass is 32.1. The highest BCUT2D eigenvalue weighted by Crippen LogP contribution is 2.14. The maximum absolute atomic E-state index is 12.8. The molecule has 1 aliphatic heterocycles. The van der Waals surface area contributed by atoms with E-state index < -0.39 is 5.91 Å². The summed E-state index contributed by atoms with van der Waals surface area (Å²) in [5.74, 6) is -0.394. The van der Waals surface area contributed by atoms with E-state index in [0.29, 0.717) is 13.1 Å².